The van der Waals surface area contributed by atoms with Crippen molar-refractivity contribution in [2.24, 2.45) is 0 Å². The average molecular weight is 342 g/mol. The Morgan fingerprint density at radius 2 is 1.91 bits per heavy atom. The third-order valence-electron chi connectivity index (χ3n) is 4.14. The summed E-state index contributed by atoms with van der Waals surface area (Å²) in [4.78, 5) is 22.9. The monoisotopic (exact) mass is 341 g/mol. The van der Waals surface area contributed by atoms with Crippen LogP contribution >= 0.6 is 12.4 Å². The molecular weight excluding hydrogens is 314 g/mol. The SMILES string of the molecule is CCN(CC)CCNC(=O)N1CCN(c2ccccn2)CC1.Cl. The van der Waals surface area contributed by atoms with Gasteiger partial charge in [-0.2, -0.15) is 0 Å². The number of halogens is 1. The Morgan fingerprint density at radius 3 is 2.48 bits per heavy atom. The molecule has 0 radical (unpaired) electrons. The van der Waals surface area contributed by atoms with Gasteiger partial charge < -0.3 is 20.0 Å². The Balaban J connectivity index is 0.00000264. The van der Waals surface area contributed by atoms with Gasteiger partial charge in [0.05, 0.1) is 0 Å². The van der Waals surface area contributed by atoms with Crippen LogP contribution in [0.25, 0.3) is 0 Å². The van der Waals surface area contributed by atoms with E-state index in [1.807, 2.05) is 29.3 Å². The van der Waals surface area contributed by atoms with E-state index >= 15 is 0 Å². The minimum atomic E-state index is 0. The number of piperazine rings is 1. The summed E-state index contributed by atoms with van der Waals surface area (Å²) in [6, 6.07) is 5.98. The second-order valence-electron chi connectivity index (χ2n) is 5.42. The molecule has 0 saturated carbocycles. The van der Waals surface area contributed by atoms with E-state index in [2.05, 4.69) is 33.9 Å². The molecule has 1 aromatic heterocycles. The van der Waals surface area contributed by atoms with Crippen LogP contribution < -0.4 is 10.2 Å². The van der Waals surface area contributed by atoms with E-state index in [0.29, 0.717) is 6.54 Å². The smallest absolute Gasteiger partial charge is 0.317 e. The van der Waals surface area contributed by atoms with E-state index in [-0.39, 0.29) is 18.4 Å². The van der Waals surface area contributed by atoms with Crippen molar-refractivity contribution in [2.45, 2.75) is 13.8 Å². The third-order valence-corrected chi connectivity index (χ3v) is 4.14. The van der Waals surface area contributed by atoms with Gasteiger partial charge in [-0.1, -0.05) is 19.9 Å². The van der Waals surface area contributed by atoms with Crippen LogP contribution in [0.2, 0.25) is 0 Å². The van der Waals surface area contributed by atoms with Crippen LogP contribution in [-0.2, 0) is 0 Å². The predicted molar refractivity (Wildman–Crippen MR) is 96.5 cm³/mol. The molecule has 1 fully saturated rings. The molecule has 0 bridgehead atoms. The number of nitrogens with one attached hydrogen (secondary N) is 1. The topological polar surface area (TPSA) is 51.7 Å². The third kappa shape index (κ3) is 5.88. The van der Waals surface area contributed by atoms with E-state index in [0.717, 1.165) is 51.6 Å². The lowest BCUT2D eigenvalue weighted by Crippen LogP contribution is -2.52. The molecule has 1 aliphatic rings. The molecule has 2 heterocycles. The van der Waals surface area contributed by atoms with Crippen LogP contribution in [0.4, 0.5) is 10.6 Å². The molecular formula is C16H28ClN5O. The maximum absolute atomic E-state index is 12.2. The number of rotatable bonds is 6. The summed E-state index contributed by atoms with van der Waals surface area (Å²) in [5.41, 5.74) is 0. The van der Waals surface area contributed by atoms with Crippen molar-refractivity contribution in [2.75, 3.05) is 57.3 Å². The van der Waals surface area contributed by atoms with E-state index in [1.165, 1.54) is 0 Å². The Labute approximate surface area is 145 Å². The number of likely N-dealkylation sites (N-methyl/N-ethyl adjacent to an activating group) is 1. The number of pyridine rings is 1. The Hall–Kier alpha value is -1.53. The maximum atomic E-state index is 12.2. The molecule has 6 nitrogen and oxygen atoms in total. The molecule has 1 aliphatic heterocycles. The number of hydrogen-bond donors (Lipinski definition) is 1. The van der Waals surface area contributed by atoms with E-state index in [9.17, 15) is 4.79 Å². The highest BCUT2D eigenvalue weighted by Gasteiger charge is 2.21. The summed E-state index contributed by atoms with van der Waals surface area (Å²) in [5.74, 6) is 0.990. The molecule has 2 amide bonds. The van der Waals surface area contributed by atoms with Crippen LogP contribution in [-0.4, -0.2) is 73.2 Å². The summed E-state index contributed by atoms with van der Waals surface area (Å²) >= 11 is 0. The second-order valence-corrected chi connectivity index (χ2v) is 5.42. The van der Waals surface area contributed by atoms with Gasteiger partial charge in [0.25, 0.3) is 0 Å². The fraction of sp³-hybridized carbons (Fsp3) is 0.625. The van der Waals surface area contributed by atoms with E-state index in [1.54, 1.807) is 0 Å². The first-order chi connectivity index (χ1) is 10.7. The first kappa shape index (κ1) is 19.5. The number of anilines is 1. The quantitative estimate of drug-likeness (QED) is 0.855. The Kier molecular flexibility index (Phi) is 8.73. The van der Waals surface area contributed by atoms with Gasteiger partial charge in [-0.25, -0.2) is 9.78 Å². The highest BCUT2D eigenvalue weighted by Crippen LogP contribution is 2.12. The zero-order valence-electron chi connectivity index (χ0n) is 14.1. The summed E-state index contributed by atoms with van der Waals surface area (Å²) in [6.07, 6.45) is 1.81. The molecule has 0 atom stereocenters. The summed E-state index contributed by atoms with van der Waals surface area (Å²) in [7, 11) is 0. The van der Waals surface area contributed by atoms with Crippen molar-refractivity contribution >= 4 is 24.3 Å². The largest absolute Gasteiger partial charge is 0.353 e. The summed E-state index contributed by atoms with van der Waals surface area (Å²) < 4.78 is 0. The zero-order valence-corrected chi connectivity index (χ0v) is 14.9. The lowest BCUT2D eigenvalue weighted by molar-refractivity contribution is 0.192. The first-order valence-corrected chi connectivity index (χ1v) is 8.15. The molecule has 1 aromatic rings. The van der Waals surface area contributed by atoms with Crippen molar-refractivity contribution in [3.05, 3.63) is 24.4 Å². The Morgan fingerprint density at radius 1 is 1.22 bits per heavy atom. The molecule has 2 rings (SSSR count). The van der Waals surface area contributed by atoms with Gasteiger partial charge in [0, 0.05) is 45.5 Å². The molecule has 0 aromatic carbocycles. The fourth-order valence-corrected chi connectivity index (χ4v) is 2.65. The summed E-state index contributed by atoms with van der Waals surface area (Å²) in [6.45, 7) is 11.1. The van der Waals surface area contributed by atoms with Gasteiger partial charge in [0.1, 0.15) is 5.82 Å². The van der Waals surface area contributed by atoms with Crippen LogP contribution in [0, 0.1) is 0 Å². The summed E-state index contributed by atoms with van der Waals surface area (Å²) in [5, 5.41) is 3.02. The second kappa shape index (κ2) is 10.3. The average Bonchev–Trinajstić information content (AvgIpc) is 2.59. The lowest BCUT2D eigenvalue weighted by atomic mass is 10.3. The zero-order chi connectivity index (χ0) is 15.8. The molecule has 130 valence electrons. The van der Waals surface area contributed by atoms with Gasteiger partial charge in [-0.3, -0.25) is 0 Å². The van der Waals surface area contributed by atoms with Crippen LogP contribution in [0.1, 0.15) is 13.8 Å². The van der Waals surface area contributed by atoms with E-state index in [4.69, 9.17) is 0 Å². The minimum Gasteiger partial charge on any atom is -0.353 e. The van der Waals surface area contributed by atoms with Crippen LogP contribution in [0.15, 0.2) is 24.4 Å². The van der Waals surface area contributed by atoms with Crippen molar-refractivity contribution in [1.29, 1.82) is 0 Å². The van der Waals surface area contributed by atoms with Gasteiger partial charge in [0.2, 0.25) is 0 Å². The first-order valence-electron chi connectivity index (χ1n) is 8.15. The van der Waals surface area contributed by atoms with Crippen LogP contribution in [0.3, 0.4) is 0 Å². The van der Waals surface area contributed by atoms with Crippen LogP contribution in [0.5, 0.6) is 0 Å². The lowest BCUT2D eigenvalue weighted by Gasteiger charge is -2.35. The van der Waals surface area contributed by atoms with Crippen molar-refractivity contribution < 1.29 is 4.79 Å². The highest BCUT2D eigenvalue weighted by molar-refractivity contribution is 5.85. The molecule has 7 heteroatoms. The standard InChI is InChI=1S/C16H27N5O.ClH/c1-3-19(4-2)10-9-18-16(22)21-13-11-20(12-14-21)15-7-5-6-8-17-15;/h5-8H,3-4,9-14H2,1-2H3,(H,18,22);1H. The van der Waals surface area contributed by atoms with Crippen molar-refractivity contribution in [1.82, 2.24) is 20.1 Å². The van der Waals surface area contributed by atoms with Crippen molar-refractivity contribution in [3.8, 4) is 0 Å². The molecule has 0 spiro atoms. The molecule has 1 saturated heterocycles. The van der Waals surface area contributed by atoms with E-state index < -0.39 is 0 Å². The number of hydrogen-bond acceptors (Lipinski definition) is 4. The fourth-order valence-electron chi connectivity index (χ4n) is 2.65. The molecule has 1 N–H and O–H groups in total. The molecule has 23 heavy (non-hydrogen) atoms. The van der Waals surface area contributed by atoms with Gasteiger partial charge in [0.15, 0.2) is 0 Å². The number of urea groups is 1. The van der Waals surface area contributed by atoms with Gasteiger partial charge in [-0.05, 0) is 25.2 Å². The normalized spacial score (nSPS) is 14.6. The minimum absolute atomic E-state index is 0. The number of nitrogens with zero attached hydrogens (tertiary/aromatic N) is 4. The number of aromatic nitrogens is 1. The number of carbonyl (C=O) groups is 1. The number of amides is 2. The highest BCUT2D eigenvalue weighted by atomic mass is 35.5. The molecule has 0 unspecified atom stereocenters. The predicted octanol–water partition coefficient (Wildman–Crippen LogP) is 1.68. The number of carbonyl (C=O) groups excluding carboxylic acids is 1. The van der Waals surface area contributed by atoms with Gasteiger partial charge >= 0.3 is 6.03 Å². The van der Waals surface area contributed by atoms with Crippen molar-refractivity contribution in [3.63, 3.8) is 0 Å². The maximum Gasteiger partial charge on any atom is 0.317 e. The Bertz CT molecular complexity index is 447. The van der Waals surface area contributed by atoms with Gasteiger partial charge in [-0.15, -0.1) is 12.4 Å². The molecule has 0 aliphatic carbocycles.